The largest absolute Gasteiger partial charge is 0.234 e. The monoisotopic (exact) mass is 217 g/mol. The number of allylic oxidation sites excluding steroid dienone is 1. The SMILES string of the molecule is C/C(=C\c1ncc(F)cn1)S(N)(=O)=O. The highest BCUT2D eigenvalue weighted by Gasteiger charge is 2.06. The van der Waals surface area contributed by atoms with Crippen LogP contribution in [0.15, 0.2) is 17.3 Å². The van der Waals surface area contributed by atoms with E-state index >= 15 is 0 Å². The molecule has 1 heterocycles. The number of sulfonamides is 1. The summed E-state index contributed by atoms with van der Waals surface area (Å²) >= 11 is 0. The lowest BCUT2D eigenvalue weighted by atomic mass is 10.5. The summed E-state index contributed by atoms with van der Waals surface area (Å²) in [5.41, 5.74) is 0. The fraction of sp³-hybridized carbons (Fsp3) is 0.143. The predicted molar refractivity (Wildman–Crippen MR) is 48.7 cm³/mol. The standard InChI is InChI=1S/C7H8FN3O2S/c1-5(14(9,12)13)2-7-10-3-6(8)4-11-7/h2-4H,1H3,(H2,9,12,13)/b5-2+. The van der Waals surface area contributed by atoms with Gasteiger partial charge < -0.3 is 0 Å². The molecule has 2 N–H and O–H groups in total. The maximum absolute atomic E-state index is 12.4. The highest BCUT2D eigenvalue weighted by Crippen LogP contribution is 2.05. The van der Waals surface area contributed by atoms with Crippen LogP contribution < -0.4 is 5.14 Å². The van der Waals surface area contributed by atoms with Gasteiger partial charge in [-0.25, -0.2) is 27.9 Å². The maximum Gasteiger partial charge on any atom is 0.234 e. The van der Waals surface area contributed by atoms with E-state index in [-0.39, 0.29) is 10.7 Å². The van der Waals surface area contributed by atoms with E-state index < -0.39 is 15.8 Å². The summed E-state index contributed by atoms with van der Waals surface area (Å²) in [5, 5.41) is 4.83. The molecule has 0 aliphatic heterocycles. The zero-order chi connectivity index (χ0) is 10.8. The number of halogens is 1. The van der Waals surface area contributed by atoms with Gasteiger partial charge in [0.25, 0.3) is 0 Å². The second kappa shape index (κ2) is 3.81. The minimum atomic E-state index is -3.72. The molecule has 0 bridgehead atoms. The summed E-state index contributed by atoms with van der Waals surface area (Å²) in [6.45, 7) is 1.31. The van der Waals surface area contributed by atoms with E-state index in [2.05, 4.69) is 9.97 Å². The molecule has 1 aromatic heterocycles. The zero-order valence-corrected chi connectivity index (χ0v) is 8.12. The Kier molecular flexibility index (Phi) is 2.92. The second-order valence-electron chi connectivity index (χ2n) is 2.56. The molecule has 1 aromatic rings. The van der Waals surface area contributed by atoms with E-state index in [1.54, 1.807) is 0 Å². The molecule has 0 fully saturated rings. The lowest BCUT2D eigenvalue weighted by Gasteiger charge is -1.96. The quantitative estimate of drug-likeness (QED) is 0.770. The van der Waals surface area contributed by atoms with Gasteiger partial charge in [-0.2, -0.15) is 0 Å². The smallest absolute Gasteiger partial charge is 0.234 e. The van der Waals surface area contributed by atoms with Gasteiger partial charge in [-0.15, -0.1) is 0 Å². The highest BCUT2D eigenvalue weighted by atomic mass is 32.2. The average Bonchev–Trinajstić information content (AvgIpc) is 2.07. The first-order valence-corrected chi connectivity index (χ1v) is 5.13. The van der Waals surface area contributed by atoms with Gasteiger partial charge in [0.1, 0.15) is 0 Å². The molecular weight excluding hydrogens is 209 g/mol. The summed E-state index contributed by atoms with van der Waals surface area (Å²) in [5.74, 6) is -0.492. The van der Waals surface area contributed by atoms with Crippen LogP contribution in [-0.2, 0) is 10.0 Å². The maximum atomic E-state index is 12.4. The highest BCUT2D eigenvalue weighted by molar-refractivity contribution is 7.93. The lowest BCUT2D eigenvalue weighted by molar-refractivity contribution is 0.604. The molecule has 7 heteroatoms. The molecule has 1 rings (SSSR count). The minimum Gasteiger partial charge on any atom is -0.234 e. The number of aromatic nitrogens is 2. The number of primary sulfonamides is 1. The second-order valence-corrected chi connectivity index (χ2v) is 4.29. The van der Waals surface area contributed by atoms with E-state index in [0.717, 1.165) is 18.5 Å². The van der Waals surface area contributed by atoms with Gasteiger partial charge in [0.2, 0.25) is 10.0 Å². The van der Waals surface area contributed by atoms with Crippen LogP contribution in [0, 0.1) is 5.82 Å². The number of nitrogens with zero attached hydrogens (tertiary/aromatic N) is 2. The molecule has 0 aliphatic carbocycles. The molecule has 14 heavy (non-hydrogen) atoms. The summed E-state index contributed by atoms with van der Waals surface area (Å²) in [6, 6.07) is 0. The fourth-order valence-corrected chi connectivity index (χ4v) is 0.930. The topological polar surface area (TPSA) is 85.9 Å². The Bertz CT molecular complexity index is 452. The molecular formula is C7H8FN3O2S. The van der Waals surface area contributed by atoms with Crippen LogP contribution in [-0.4, -0.2) is 18.4 Å². The van der Waals surface area contributed by atoms with E-state index in [1.165, 1.54) is 6.92 Å². The van der Waals surface area contributed by atoms with Crippen LogP contribution in [0.3, 0.4) is 0 Å². The molecule has 0 radical (unpaired) electrons. The minimum absolute atomic E-state index is 0.0795. The van der Waals surface area contributed by atoms with Gasteiger partial charge >= 0.3 is 0 Å². The predicted octanol–water partition coefficient (Wildman–Crippen LogP) is 0.265. The van der Waals surface area contributed by atoms with Gasteiger partial charge in [-0.05, 0) is 13.0 Å². The van der Waals surface area contributed by atoms with E-state index in [0.29, 0.717) is 0 Å². The Morgan fingerprint density at radius 1 is 1.50 bits per heavy atom. The van der Waals surface area contributed by atoms with Crippen LogP contribution in [0.25, 0.3) is 6.08 Å². The molecule has 0 saturated heterocycles. The Morgan fingerprint density at radius 2 is 2.00 bits per heavy atom. The van der Waals surface area contributed by atoms with Gasteiger partial charge in [0, 0.05) is 0 Å². The summed E-state index contributed by atoms with van der Waals surface area (Å²) in [7, 11) is -3.72. The molecule has 0 aliphatic rings. The molecule has 5 nitrogen and oxygen atoms in total. The van der Waals surface area contributed by atoms with Gasteiger partial charge in [0.15, 0.2) is 11.6 Å². The molecule has 0 atom stereocenters. The van der Waals surface area contributed by atoms with Crippen LogP contribution in [0.4, 0.5) is 4.39 Å². The summed E-state index contributed by atoms with van der Waals surface area (Å²) < 4.78 is 33.9. The van der Waals surface area contributed by atoms with Gasteiger partial charge in [-0.3, -0.25) is 0 Å². The van der Waals surface area contributed by atoms with Crippen molar-refractivity contribution in [3.05, 3.63) is 28.9 Å². The van der Waals surface area contributed by atoms with Crippen molar-refractivity contribution in [3.63, 3.8) is 0 Å². The van der Waals surface area contributed by atoms with Crippen molar-refractivity contribution >= 4 is 16.1 Å². The van der Waals surface area contributed by atoms with Gasteiger partial charge in [0.05, 0.1) is 17.3 Å². The average molecular weight is 217 g/mol. The van der Waals surface area contributed by atoms with Crippen LogP contribution >= 0.6 is 0 Å². The Hall–Kier alpha value is -1.34. The number of rotatable bonds is 2. The Morgan fingerprint density at radius 3 is 2.43 bits per heavy atom. The Balaban J connectivity index is 3.05. The first-order valence-electron chi connectivity index (χ1n) is 3.58. The van der Waals surface area contributed by atoms with Crippen molar-refractivity contribution in [2.24, 2.45) is 5.14 Å². The number of nitrogens with two attached hydrogens (primary N) is 1. The van der Waals surface area contributed by atoms with Crippen molar-refractivity contribution in [2.45, 2.75) is 6.92 Å². The molecule has 0 spiro atoms. The third-order valence-electron chi connectivity index (χ3n) is 1.42. The molecule has 0 unspecified atom stereocenters. The van der Waals surface area contributed by atoms with Crippen LogP contribution in [0.1, 0.15) is 12.7 Å². The molecule has 0 aromatic carbocycles. The van der Waals surface area contributed by atoms with Crippen molar-refractivity contribution in [1.82, 2.24) is 9.97 Å². The van der Waals surface area contributed by atoms with Crippen LogP contribution in [0.2, 0.25) is 0 Å². The van der Waals surface area contributed by atoms with Crippen molar-refractivity contribution in [2.75, 3.05) is 0 Å². The normalized spacial score (nSPS) is 12.9. The van der Waals surface area contributed by atoms with Crippen molar-refractivity contribution in [1.29, 1.82) is 0 Å². The summed E-state index contributed by atoms with van der Waals surface area (Å²) in [4.78, 5) is 7.02. The first-order chi connectivity index (χ1) is 6.39. The third-order valence-corrected chi connectivity index (χ3v) is 2.44. The van der Waals surface area contributed by atoms with E-state index in [9.17, 15) is 12.8 Å². The molecule has 0 saturated carbocycles. The molecule has 76 valence electrons. The van der Waals surface area contributed by atoms with Crippen molar-refractivity contribution in [3.8, 4) is 0 Å². The third kappa shape index (κ3) is 2.86. The van der Waals surface area contributed by atoms with E-state index in [1.807, 2.05) is 0 Å². The zero-order valence-electron chi connectivity index (χ0n) is 7.31. The van der Waals surface area contributed by atoms with Crippen LogP contribution in [0.5, 0.6) is 0 Å². The number of hydrogen-bond donors (Lipinski definition) is 1. The van der Waals surface area contributed by atoms with E-state index in [4.69, 9.17) is 5.14 Å². The number of hydrogen-bond acceptors (Lipinski definition) is 4. The van der Waals surface area contributed by atoms with Gasteiger partial charge in [-0.1, -0.05) is 0 Å². The first kappa shape index (κ1) is 10.7. The van der Waals surface area contributed by atoms with Crippen molar-refractivity contribution < 1.29 is 12.8 Å². The lowest BCUT2D eigenvalue weighted by Crippen LogP contribution is -2.12. The summed E-state index contributed by atoms with van der Waals surface area (Å²) in [6.07, 6.45) is 3.04. The fourth-order valence-electron chi connectivity index (χ4n) is 0.661. The molecule has 0 amide bonds. The Labute approximate surface area is 80.5 Å².